The molecule has 2 heterocycles. The van der Waals surface area contributed by atoms with E-state index in [0.717, 1.165) is 36.0 Å². The zero-order chi connectivity index (χ0) is 19.0. The predicted octanol–water partition coefficient (Wildman–Crippen LogP) is 3.15. The third-order valence-electron chi connectivity index (χ3n) is 5.91. The topological polar surface area (TPSA) is 57.7 Å². The fourth-order valence-corrected chi connectivity index (χ4v) is 6.80. The molecule has 0 N–H and O–H groups in total. The molecule has 1 aromatic carbocycles. The van der Waals surface area contributed by atoms with Gasteiger partial charge < -0.3 is 4.90 Å². The van der Waals surface area contributed by atoms with E-state index in [0.29, 0.717) is 6.54 Å². The molecule has 0 aromatic heterocycles. The van der Waals surface area contributed by atoms with Gasteiger partial charge in [-0.25, -0.2) is 8.42 Å². The van der Waals surface area contributed by atoms with Gasteiger partial charge in [0.25, 0.3) is 0 Å². The van der Waals surface area contributed by atoms with Crippen molar-refractivity contribution in [3.63, 3.8) is 0 Å². The van der Waals surface area contributed by atoms with Crippen molar-refractivity contribution >= 4 is 37.4 Å². The zero-order valence-electron chi connectivity index (χ0n) is 15.3. The van der Waals surface area contributed by atoms with E-state index in [-0.39, 0.29) is 29.5 Å². The molecule has 2 aliphatic heterocycles. The van der Waals surface area contributed by atoms with Gasteiger partial charge in [-0.05, 0) is 56.4 Å². The molecule has 0 spiro atoms. The lowest BCUT2D eigenvalue weighted by atomic mass is 9.96. The van der Waals surface area contributed by atoms with E-state index in [1.54, 1.807) is 4.90 Å². The van der Waals surface area contributed by atoms with Gasteiger partial charge in [-0.3, -0.25) is 9.69 Å². The van der Waals surface area contributed by atoms with Crippen molar-refractivity contribution in [1.29, 1.82) is 0 Å². The number of halogens is 1. The number of allylic oxidation sites excluding steroid dienone is 1. The first-order valence-corrected chi connectivity index (χ1v) is 12.2. The van der Waals surface area contributed by atoms with Gasteiger partial charge in [-0.2, -0.15) is 0 Å². The molecule has 146 valence electrons. The third-order valence-corrected chi connectivity index (χ3v) is 8.14. The summed E-state index contributed by atoms with van der Waals surface area (Å²) >= 11 is 3.41. The van der Waals surface area contributed by atoms with Crippen LogP contribution in [0.5, 0.6) is 0 Å². The molecule has 5 nitrogen and oxygen atoms in total. The molecule has 2 fully saturated rings. The molecular formula is C20H25BrN2O3S. The summed E-state index contributed by atoms with van der Waals surface area (Å²) in [7, 11) is -3.14. The molecule has 4 rings (SSSR count). The van der Waals surface area contributed by atoms with E-state index in [4.69, 9.17) is 0 Å². The van der Waals surface area contributed by atoms with Gasteiger partial charge in [0.2, 0.25) is 5.91 Å². The van der Waals surface area contributed by atoms with Crippen molar-refractivity contribution in [3.8, 4) is 0 Å². The number of benzene rings is 1. The predicted molar refractivity (Wildman–Crippen MR) is 111 cm³/mol. The van der Waals surface area contributed by atoms with Crippen LogP contribution in [0.25, 0.3) is 0 Å². The van der Waals surface area contributed by atoms with Gasteiger partial charge in [0.05, 0.1) is 24.1 Å². The van der Waals surface area contributed by atoms with Crippen molar-refractivity contribution in [2.24, 2.45) is 0 Å². The minimum atomic E-state index is -3.14. The van der Waals surface area contributed by atoms with Gasteiger partial charge in [0, 0.05) is 22.7 Å². The molecule has 0 bridgehead atoms. The highest BCUT2D eigenvalue weighted by Gasteiger charge is 2.49. The maximum absolute atomic E-state index is 13.0. The second-order valence-corrected chi connectivity index (χ2v) is 10.8. The fraction of sp³-hybridized carbons (Fsp3) is 0.550. The highest BCUT2D eigenvalue weighted by atomic mass is 79.9. The lowest BCUT2D eigenvalue weighted by molar-refractivity contribution is -0.123. The number of fused-ring (bicyclic) bond motifs is 1. The Morgan fingerprint density at radius 1 is 1.07 bits per heavy atom. The number of piperazine rings is 1. The van der Waals surface area contributed by atoms with E-state index in [9.17, 15) is 13.2 Å². The Hall–Kier alpha value is -1.18. The molecular weight excluding hydrogens is 428 g/mol. The second kappa shape index (κ2) is 7.68. The molecule has 1 aromatic rings. The van der Waals surface area contributed by atoms with Gasteiger partial charge in [0.1, 0.15) is 0 Å². The number of amides is 1. The van der Waals surface area contributed by atoms with Crippen LogP contribution in [0.1, 0.15) is 32.1 Å². The minimum Gasteiger partial charge on any atom is -0.306 e. The molecule has 1 amide bonds. The summed E-state index contributed by atoms with van der Waals surface area (Å²) in [4.78, 5) is 16.8. The molecule has 7 heteroatoms. The maximum Gasteiger partial charge on any atom is 0.241 e. The smallest absolute Gasteiger partial charge is 0.241 e. The number of anilines is 1. The van der Waals surface area contributed by atoms with Crippen molar-refractivity contribution in [3.05, 3.63) is 40.4 Å². The Morgan fingerprint density at radius 2 is 1.81 bits per heavy atom. The normalized spacial score (nSPS) is 28.1. The third kappa shape index (κ3) is 4.15. The van der Waals surface area contributed by atoms with E-state index in [2.05, 4.69) is 26.9 Å². The summed E-state index contributed by atoms with van der Waals surface area (Å²) in [5, 5.41) is 0. The summed E-state index contributed by atoms with van der Waals surface area (Å²) in [6.07, 6.45) is 8.05. The maximum atomic E-state index is 13.0. The highest BCUT2D eigenvalue weighted by Crippen LogP contribution is 2.33. The van der Waals surface area contributed by atoms with Gasteiger partial charge in [-0.15, -0.1) is 0 Å². The molecule has 3 aliphatic rings. The first-order valence-electron chi connectivity index (χ1n) is 9.63. The number of carbonyl (C=O) groups excluding carboxylic acids is 1. The van der Waals surface area contributed by atoms with E-state index < -0.39 is 9.84 Å². The molecule has 2 atom stereocenters. The molecule has 27 heavy (non-hydrogen) atoms. The van der Waals surface area contributed by atoms with E-state index in [1.807, 2.05) is 24.3 Å². The van der Waals surface area contributed by atoms with Crippen LogP contribution < -0.4 is 4.90 Å². The Bertz CT molecular complexity index is 850. The number of hydrogen-bond donors (Lipinski definition) is 0. The quantitative estimate of drug-likeness (QED) is 0.658. The zero-order valence-corrected chi connectivity index (χ0v) is 17.7. The van der Waals surface area contributed by atoms with Crippen LogP contribution in [0, 0.1) is 0 Å². The van der Waals surface area contributed by atoms with Crippen LogP contribution in [0.3, 0.4) is 0 Å². The summed E-state index contributed by atoms with van der Waals surface area (Å²) in [6.45, 7) is 1.06. The molecule has 2 saturated heterocycles. The Morgan fingerprint density at radius 3 is 2.52 bits per heavy atom. The molecule has 0 unspecified atom stereocenters. The SMILES string of the molecule is O=C1CN(CCC2=CCCCC2)[C@H]2CS(=O)(=O)C[C@H]2N1c1ccc(Br)cc1. The van der Waals surface area contributed by atoms with Crippen LogP contribution in [-0.2, 0) is 14.6 Å². The fourth-order valence-electron chi connectivity index (χ4n) is 4.56. The van der Waals surface area contributed by atoms with Crippen molar-refractivity contribution in [1.82, 2.24) is 4.90 Å². The average molecular weight is 453 g/mol. The number of carbonyl (C=O) groups is 1. The number of nitrogens with zero attached hydrogens (tertiary/aromatic N) is 2. The van der Waals surface area contributed by atoms with Crippen molar-refractivity contribution < 1.29 is 13.2 Å². The summed E-state index contributed by atoms with van der Waals surface area (Å²) < 4.78 is 25.7. The van der Waals surface area contributed by atoms with Crippen LogP contribution in [0.2, 0.25) is 0 Å². The summed E-state index contributed by atoms with van der Waals surface area (Å²) in [5.74, 6) is 0.198. The van der Waals surface area contributed by atoms with E-state index >= 15 is 0 Å². The van der Waals surface area contributed by atoms with Crippen LogP contribution >= 0.6 is 15.9 Å². The Balaban J connectivity index is 1.56. The van der Waals surface area contributed by atoms with Gasteiger partial charge >= 0.3 is 0 Å². The van der Waals surface area contributed by atoms with Gasteiger partial charge in [-0.1, -0.05) is 27.6 Å². The monoisotopic (exact) mass is 452 g/mol. The number of sulfone groups is 1. The standard InChI is InChI=1S/C20H25BrN2O3S/c21-16-6-8-17(9-7-16)23-19-14-27(25,26)13-18(19)22(12-20(23)24)11-10-15-4-2-1-3-5-15/h4,6-9,18-19H,1-3,5,10-14H2/t18-,19+/m0/s1. The summed E-state index contributed by atoms with van der Waals surface area (Å²) in [5.41, 5.74) is 2.24. The molecule has 1 aliphatic carbocycles. The number of rotatable bonds is 4. The van der Waals surface area contributed by atoms with Crippen LogP contribution in [-0.4, -0.2) is 55.9 Å². The number of hydrogen-bond acceptors (Lipinski definition) is 4. The largest absolute Gasteiger partial charge is 0.306 e. The second-order valence-electron chi connectivity index (χ2n) is 7.78. The van der Waals surface area contributed by atoms with Crippen molar-refractivity contribution in [2.45, 2.75) is 44.2 Å². The lowest BCUT2D eigenvalue weighted by Crippen LogP contribution is -2.62. The minimum absolute atomic E-state index is 0.00621. The van der Waals surface area contributed by atoms with Crippen molar-refractivity contribution in [2.75, 3.05) is 29.5 Å². The highest BCUT2D eigenvalue weighted by molar-refractivity contribution is 9.10. The Labute approximate surface area is 169 Å². The van der Waals surface area contributed by atoms with Gasteiger partial charge in [0.15, 0.2) is 9.84 Å². The summed E-state index contributed by atoms with van der Waals surface area (Å²) in [6, 6.07) is 7.14. The van der Waals surface area contributed by atoms with Crippen LogP contribution in [0.4, 0.5) is 5.69 Å². The molecule has 0 saturated carbocycles. The van der Waals surface area contributed by atoms with E-state index in [1.165, 1.54) is 18.4 Å². The van der Waals surface area contributed by atoms with Crippen LogP contribution in [0.15, 0.2) is 40.4 Å². The average Bonchev–Trinajstić information content (AvgIpc) is 2.97. The first-order chi connectivity index (χ1) is 12.9. The molecule has 0 radical (unpaired) electrons. The lowest BCUT2D eigenvalue weighted by Gasteiger charge is -2.43. The first kappa shape index (κ1) is 19.2. The Kier molecular flexibility index (Phi) is 5.45.